The van der Waals surface area contributed by atoms with Crippen molar-refractivity contribution in [2.24, 2.45) is 0 Å². The van der Waals surface area contributed by atoms with E-state index in [4.69, 9.17) is 4.74 Å². The van der Waals surface area contributed by atoms with E-state index in [1.165, 1.54) is 5.56 Å². The van der Waals surface area contributed by atoms with Gasteiger partial charge in [0.25, 0.3) is 5.91 Å². The minimum absolute atomic E-state index is 0.0747. The molecule has 1 fully saturated rings. The normalized spacial score (nSPS) is 14.0. The van der Waals surface area contributed by atoms with Gasteiger partial charge in [-0.1, -0.05) is 12.1 Å². The fourth-order valence-corrected chi connectivity index (χ4v) is 3.09. The van der Waals surface area contributed by atoms with Crippen molar-refractivity contribution in [3.8, 4) is 0 Å². The van der Waals surface area contributed by atoms with E-state index in [1.54, 1.807) is 29.0 Å². The predicted octanol–water partition coefficient (Wildman–Crippen LogP) is 3.36. The molecule has 1 N–H and O–H groups in total. The molecule has 7 heteroatoms. The van der Waals surface area contributed by atoms with Gasteiger partial charge in [-0.15, -0.1) is 0 Å². The van der Waals surface area contributed by atoms with Gasteiger partial charge in [0, 0.05) is 38.1 Å². The highest BCUT2D eigenvalue weighted by atomic mass is 16.6. The Balaban J connectivity index is 1.60. The highest BCUT2D eigenvalue weighted by Crippen LogP contribution is 2.21. The summed E-state index contributed by atoms with van der Waals surface area (Å²) in [6.07, 6.45) is 1.27. The lowest BCUT2D eigenvalue weighted by Gasteiger charge is -2.34. The van der Waals surface area contributed by atoms with E-state index < -0.39 is 0 Å². The fraction of sp³-hybridized carbons (Fsp3) is 0.381. The van der Waals surface area contributed by atoms with E-state index in [9.17, 15) is 9.59 Å². The van der Waals surface area contributed by atoms with Crippen molar-refractivity contribution in [3.05, 3.63) is 53.2 Å². The number of hydrogen-bond acceptors (Lipinski definition) is 5. The number of carbonyl (C=O) groups excluding carboxylic acids is 2. The summed E-state index contributed by atoms with van der Waals surface area (Å²) in [6.45, 7) is 8.14. The Hall–Kier alpha value is -3.09. The number of nitrogens with zero attached hydrogens (tertiary/aromatic N) is 3. The zero-order chi connectivity index (χ0) is 20.1. The molecule has 0 atom stereocenters. The lowest BCUT2D eigenvalue weighted by atomic mass is 10.1. The van der Waals surface area contributed by atoms with Crippen molar-refractivity contribution in [2.45, 2.75) is 20.8 Å². The highest BCUT2D eigenvalue weighted by molar-refractivity contribution is 5.94. The molecule has 2 aromatic rings. The Kier molecular flexibility index (Phi) is 6.13. The number of hydrogen-bond donors (Lipinski definition) is 1. The van der Waals surface area contributed by atoms with Gasteiger partial charge in [-0.25, -0.2) is 9.78 Å². The number of carbonyl (C=O) groups is 2. The number of aryl methyl sites for hydroxylation is 2. The van der Waals surface area contributed by atoms with Crippen LogP contribution in [0.15, 0.2) is 36.5 Å². The van der Waals surface area contributed by atoms with Crippen LogP contribution in [0.1, 0.15) is 28.4 Å². The minimum Gasteiger partial charge on any atom is -0.450 e. The van der Waals surface area contributed by atoms with Gasteiger partial charge in [0.15, 0.2) is 0 Å². The van der Waals surface area contributed by atoms with E-state index in [1.807, 2.05) is 19.9 Å². The van der Waals surface area contributed by atoms with Crippen molar-refractivity contribution in [1.82, 2.24) is 14.8 Å². The third-order valence-corrected chi connectivity index (χ3v) is 4.76. The van der Waals surface area contributed by atoms with Gasteiger partial charge in [0.2, 0.25) is 0 Å². The number of rotatable bonds is 4. The number of piperazine rings is 1. The molecular weight excluding hydrogens is 356 g/mol. The number of anilines is 2. The maximum Gasteiger partial charge on any atom is 0.409 e. The molecule has 1 aliphatic heterocycles. The third kappa shape index (κ3) is 4.60. The molecule has 1 aromatic heterocycles. The molecule has 28 heavy (non-hydrogen) atoms. The second-order valence-electron chi connectivity index (χ2n) is 6.85. The SMILES string of the molecule is CCOC(=O)N1CCN(C(=O)c2ccc(Nc3cc(C)ccc3C)nc2)CC1. The second kappa shape index (κ2) is 8.73. The van der Waals surface area contributed by atoms with Crippen LogP contribution in [-0.2, 0) is 4.74 Å². The lowest BCUT2D eigenvalue weighted by Crippen LogP contribution is -2.50. The van der Waals surface area contributed by atoms with Crippen LogP contribution < -0.4 is 5.32 Å². The van der Waals surface area contributed by atoms with Gasteiger partial charge >= 0.3 is 6.09 Å². The first kappa shape index (κ1) is 19.7. The van der Waals surface area contributed by atoms with Gasteiger partial charge in [-0.2, -0.15) is 0 Å². The summed E-state index contributed by atoms with van der Waals surface area (Å²) >= 11 is 0. The summed E-state index contributed by atoms with van der Waals surface area (Å²) in [7, 11) is 0. The first-order valence-corrected chi connectivity index (χ1v) is 9.49. The summed E-state index contributed by atoms with van der Waals surface area (Å²) in [4.78, 5) is 32.2. The van der Waals surface area contributed by atoms with Crippen LogP contribution in [0.5, 0.6) is 0 Å². The Morgan fingerprint density at radius 2 is 1.79 bits per heavy atom. The van der Waals surface area contributed by atoms with Gasteiger partial charge in [-0.05, 0) is 50.1 Å². The molecule has 1 aliphatic rings. The van der Waals surface area contributed by atoms with Gasteiger partial charge in [0.1, 0.15) is 5.82 Å². The number of nitrogens with one attached hydrogen (secondary N) is 1. The fourth-order valence-electron chi connectivity index (χ4n) is 3.09. The molecule has 7 nitrogen and oxygen atoms in total. The molecule has 2 heterocycles. The zero-order valence-corrected chi connectivity index (χ0v) is 16.6. The molecule has 148 valence electrons. The molecule has 3 rings (SSSR count). The number of aromatic nitrogens is 1. The molecular formula is C21H26N4O3. The quantitative estimate of drug-likeness (QED) is 0.878. The van der Waals surface area contributed by atoms with Crippen molar-refractivity contribution in [1.29, 1.82) is 0 Å². The van der Waals surface area contributed by atoms with Crippen LogP contribution >= 0.6 is 0 Å². The molecule has 0 spiro atoms. The summed E-state index contributed by atoms with van der Waals surface area (Å²) in [5.74, 6) is 0.617. The van der Waals surface area contributed by atoms with Crippen molar-refractivity contribution >= 4 is 23.5 Å². The van der Waals surface area contributed by atoms with Crippen LogP contribution in [-0.4, -0.2) is 59.6 Å². The topological polar surface area (TPSA) is 74.8 Å². The maximum absolute atomic E-state index is 12.7. The van der Waals surface area contributed by atoms with Crippen LogP contribution in [0.3, 0.4) is 0 Å². The molecule has 1 saturated heterocycles. The highest BCUT2D eigenvalue weighted by Gasteiger charge is 2.25. The van der Waals surface area contributed by atoms with E-state index >= 15 is 0 Å². The first-order valence-electron chi connectivity index (χ1n) is 9.49. The van der Waals surface area contributed by atoms with Crippen LogP contribution in [0.4, 0.5) is 16.3 Å². The molecule has 0 bridgehead atoms. The largest absolute Gasteiger partial charge is 0.450 e. The molecule has 0 unspecified atom stereocenters. The van der Waals surface area contributed by atoms with Crippen molar-refractivity contribution in [3.63, 3.8) is 0 Å². The lowest BCUT2D eigenvalue weighted by molar-refractivity contribution is 0.0570. The zero-order valence-electron chi connectivity index (χ0n) is 16.6. The monoisotopic (exact) mass is 382 g/mol. The van der Waals surface area contributed by atoms with E-state index in [-0.39, 0.29) is 12.0 Å². The number of pyridine rings is 1. The molecule has 0 saturated carbocycles. The molecule has 0 aliphatic carbocycles. The first-order chi connectivity index (χ1) is 13.5. The van der Waals surface area contributed by atoms with E-state index in [0.717, 1.165) is 11.3 Å². The Morgan fingerprint density at radius 1 is 1.07 bits per heavy atom. The van der Waals surface area contributed by atoms with Gasteiger partial charge in [0.05, 0.1) is 12.2 Å². The van der Waals surface area contributed by atoms with E-state index in [0.29, 0.717) is 44.2 Å². The maximum atomic E-state index is 12.7. The number of benzene rings is 1. The third-order valence-electron chi connectivity index (χ3n) is 4.76. The van der Waals surface area contributed by atoms with Gasteiger partial charge < -0.3 is 19.9 Å². The number of amides is 2. The summed E-state index contributed by atoms with van der Waals surface area (Å²) in [5, 5.41) is 3.29. The Morgan fingerprint density at radius 3 is 2.43 bits per heavy atom. The Labute approximate surface area is 165 Å². The predicted molar refractivity (Wildman–Crippen MR) is 108 cm³/mol. The van der Waals surface area contributed by atoms with Crippen molar-refractivity contribution < 1.29 is 14.3 Å². The number of ether oxygens (including phenoxy) is 1. The van der Waals surface area contributed by atoms with Gasteiger partial charge in [-0.3, -0.25) is 4.79 Å². The summed E-state index contributed by atoms with van der Waals surface area (Å²) in [5.41, 5.74) is 3.84. The minimum atomic E-state index is -0.321. The second-order valence-corrected chi connectivity index (χ2v) is 6.85. The van der Waals surface area contributed by atoms with Crippen LogP contribution in [0.25, 0.3) is 0 Å². The summed E-state index contributed by atoms with van der Waals surface area (Å²) in [6, 6.07) is 9.78. The van der Waals surface area contributed by atoms with E-state index in [2.05, 4.69) is 28.5 Å². The van der Waals surface area contributed by atoms with Crippen LogP contribution in [0.2, 0.25) is 0 Å². The summed E-state index contributed by atoms with van der Waals surface area (Å²) < 4.78 is 5.01. The molecule has 2 amide bonds. The Bertz CT molecular complexity index is 843. The molecule has 0 radical (unpaired) electrons. The van der Waals surface area contributed by atoms with Crippen LogP contribution in [0, 0.1) is 13.8 Å². The average molecular weight is 382 g/mol. The average Bonchev–Trinajstić information content (AvgIpc) is 2.71. The molecule has 1 aromatic carbocycles. The standard InChI is InChI=1S/C21H26N4O3/c1-4-28-21(27)25-11-9-24(10-12-25)20(26)17-7-8-19(22-14-17)23-18-13-15(2)5-6-16(18)3/h5-8,13-14H,4,9-12H2,1-3H3,(H,22,23). The smallest absolute Gasteiger partial charge is 0.409 e. The van der Waals surface area contributed by atoms with Crippen molar-refractivity contribution in [2.75, 3.05) is 38.1 Å².